The molecule has 0 bridgehead atoms. The summed E-state index contributed by atoms with van der Waals surface area (Å²) in [5.41, 5.74) is 0. The molecule has 1 aromatic rings. The third-order valence-electron chi connectivity index (χ3n) is 4.40. The molecule has 0 aliphatic carbocycles. The Morgan fingerprint density at radius 2 is 2.04 bits per heavy atom. The lowest BCUT2D eigenvalue weighted by atomic mass is 10.0. The van der Waals surface area contributed by atoms with Crippen LogP contribution in [0.1, 0.15) is 30.3 Å². The summed E-state index contributed by atoms with van der Waals surface area (Å²) >= 11 is 3.18. The maximum Gasteiger partial charge on any atom is 0.410 e. The molecule has 0 N–H and O–H groups in total. The molecule has 136 valence electrons. The minimum atomic E-state index is -0.708. The standard InChI is InChI=1S/C16H19BrN2O6/c1-2-23-15(21)11-9-24-16(22)19(11)10-5-7-18(8-6-10)14(20)12-3-4-13(17)25-12/h3-4,10-11H,2,5-9H2,1H3/t11-/m0/s1. The summed E-state index contributed by atoms with van der Waals surface area (Å²) in [6.45, 7) is 2.93. The number of nitrogens with zero attached hydrogens (tertiary/aromatic N) is 2. The van der Waals surface area contributed by atoms with Crippen LogP contribution >= 0.6 is 15.9 Å². The maximum absolute atomic E-state index is 12.4. The van der Waals surface area contributed by atoms with Crippen LogP contribution in [-0.4, -0.2) is 66.2 Å². The summed E-state index contributed by atoms with van der Waals surface area (Å²) in [5, 5.41) is 0. The highest BCUT2D eigenvalue weighted by atomic mass is 79.9. The number of esters is 1. The van der Waals surface area contributed by atoms with Crippen molar-refractivity contribution in [3.8, 4) is 0 Å². The molecule has 2 fully saturated rings. The van der Waals surface area contributed by atoms with E-state index in [4.69, 9.17) is 13.9 Å². The van der Waals surface area contributed by atoms with Crippen LogP contribution in [0.15, 0.2) is 21.2 Å². The third kappa shape index (κ3) is 3.65. The Labute approximate surface area is 153 Å². The van der Waals surface area contributed by atoms with Gasteiger partial charge in [0.1, 0.15) is 6.61 Å². The van der Waals surface area contributed by atoms with Crippen molar-refractivity contribution in [2.24, 2.45) is 0 Å². The number of rotatable bonds is 4. The van der Waals surface area contributed by atoms with E-state index in [1.54, 1.807) is 24.0 Å². The maximum atomic E-state index is 12.4. The average molecular weight is 415 g/mol. The van der Waals surface area contributed by atoms with Crippen LogP contribution in [0.2, 0.25) is 0 Å². The average Bonchev–Trinajstić information content (AvgIpc) is 3.20. The van der Waals surface area contributed by atoms with Crippen molar-refractivity contribution >= 4 is 33.9 Å². The smallest absolute Gasteiger partial charge is 0.410 e. The van der Waals surface area contributed by atoms with Gasteiger partial charge >= 0.3 is 12.1 Å². The van der Waals surface area contributed by atoms with E-state index in [1.807, 2.05) is 0 Å². The fourth-order valence-corrected chi connectivity index (χ4v) is 3.49. The number of piperidine rings is 1. The van der Waals surface area contributed by atoms with E-state index in [2.05, 4.69) is 15.9 Å². The van der Waals surface area contributed by atoms with Crippen molar-refractivity contribution in [3.63, 3.8) is 0 Å². The Balaban J connectivity index is 1.62. The Kier molecular flexibility index (Phi) is 5.31. The summed E-state index contributed by atoms with van der Waals surface area (Å²) in [4.78, 5) is 39.6. The molecule has 9 heteroatoms. The lowest BCUT2D eigenvalue weighted by Crippen LogP contribution is -2.52. The normalized spacial score (nSPS) is 21.4. The van der Waals surface area contributed by atoms with Crippen molar-refractivity contribution in [3.05, 3.63) is 22.6 Å². The largest absolute Gasteiger partial charge is 0.464 e. The molecule has 0 aromatic carbocycles. The van der Waals surface area contributed by atoms with Crippen molar-refractivity contribution < 1.29 is 28.3 Å². The van der Waals surface area contributed by atoms with Crippen LogP contribution in [0.5, 0.6) is 0 Å². The Hall–Kier alpha value is -2.03. The molecule has 1 atom stereocenters. The number of amides is 2. The SMILES string of the molecule is CCOC(=O)[C@@H]1COC(=O)N1C1CCN(C(=O)c2ccc(Br)o2)CC1. The van der Waals surface area contributed by atoms with E-state index in [0.717, 1.165) is 0 Å². The fraction of sp³-hybridized carbons (Fsp3) is 0.562. The molecule has 2 aliphatic heterocycles. The highest BCUT2D eigenvalue weighted by Crippen LogP contribution is 2.26. The number of likely N-dealkylation sites (tertiary alicyclic amines) is 1. The highest BCUT2D eigenvalue weighted by Gasteiger charge is 2.44. The molecule has 0 spiro atoms. The van der Waals surface area contributed by atoms with E-state index in [0.29, 0.717) is 30.6 Å². The third-order valence-corrected chi connectivity index (χ3v) is 4.83. The number of furan rings is 1. The molecule has 2 saturated heterocycles. The van der Waals surface area contributed by atoms with Gasteiger partial charge in [0.25, 0.3) is 5.91 Å². The lowest BCUT2D eigenvalue weighted by molar-refractivity contribution is -0.148. The van der Waals surface area contributed by atoms with Gasteiger partial charge in [-0.25, -0.2) is 9.59 Å². The molecule has 1 aromatic heterocycles. The second-order valence-electron chi connectivity index (χ2n) is 5.88. The van der Waals surface area contributed by atoms with Crippen molar-refractivity contribution in [1.29, 1.82) is 0 Å². The topological polar surface area (TPSA) is 89.3 Å². The number of ether oxygens (including phenoxy) is 2. The van der Waals surface area contributed by atoms with Gasteiger partial charge in [0.15, 0.2) is 16.5 Å². The Morgan fingerprint density at radius 3 is 2.64 bits per heavy atom. The van der Waals surface area contributed by atoms with E-state index >= 15 is 0 Å². The minimum Gasteiger partial charge on any atom is -0.464 e. The fourth-order valence-electron chi connectivity index (χ4n) is 3.19. The van der Waals surface area contributed by atoms with Crippen LogP contribution in [0.3, 0.4) is 0 Å². The van der Waals surface area contributed by atoms with E-state index in [9.17, 15) is 14.4 Å². The van der Waals surface area contributed by atoms with Crippen LogP contribution < -0.4 is 0 Å². The van der Waals surface area contributed by atoms with Gasteiger partial charge in [-0.05, 0) is 47.8 Å². The molecule has 3 heterocycles. The van der Waals surface area contributed by atoms with Crippen molar-refractivity contribution in [2.45, 2.75) is 31.8 Å². The molecule has 25 heavy (non-hydrogen) atoms. The molecular formula is C16H19BrN2O6. The number of cyclic esters (lactones) is 1. The van der Waals surface area contributed by atoms with Crippen molar-refractivity contribution in [1.82, 2.24) is 9.80 Å². The monoisotopic (exact) mass is 414 g/mol. The molecule has 8 nitrogen and oxygen atoms in total. The molecule has 2 amide bonds. The van der Waals surface area contributed by atoms with Crippen LogP contribution in [0, 0.1) is 0 Å². The molecule has 2 aliphatic rings. The van der Waals surface area contributed by atoms with Gasteiger partial charge in [-0.15, -0.1) is 0 Å². The first-order valence-electron chi connectivity index (χ1n) is 8.17. The summed E-state index contributed by atoms with van der Waals surface area (Å²) < 4.78 is 15.9. The summed E-state index contributed by atoms with van der Waals surface area (Å²) in [6.07, 6.45) is 0.634. The van der Waals surface area contributed by atoms with Crippen LogP contribution in [0.4, 0.5) is 4.79 Å². The number of halogens is 1. The van der Waals surface area contributed by atoms with Gasteiger partial charge in [0.05, 0.1) is 6.61 Å². The van der Waals surface area contributed by atoms with Crippen molar-refractivity contribution in [2.75, 3.05) is 26.3 Å². The van der Waals surface area contributed by atoms with E-state index in [-0.39, 0.29) is 30.9 Å². The number of hydrogen-bond donors (Lipinski definition) is 0. The zero-order valence-corrected chi connectivity index (χ0v) is 15.4. The summed E-state index contributed by atoms with van der Waals surface area (Å²) in [6, 6.07) is 2.43. The van der Waals surface area contributed by atoms with E-state index < -0.39 is 18.1 Å². The van der Waals surface area contributed by atoms with Gasteiger partial charge in [-0.3, -0.25) is 9.69 Å². The lowest BCUT2D eigenvalue weighted by Gasteiger charge is -2.36. The molecule has 3 rings (SSSR count). The number of carbonyl (C=O) groups is 3. The second kappa shape index (κ2) is 7.47. The summed E-state index contributed by atoms with van der Waals surface area (Å²) in [7, 11) is 0. The molecule has 0 saturated carbocycles. The van der Waals surface area contributed by atoms with Gasteiger partial charge in [-0.2, -0.15) is 0 Å². The Bertz CT molecular complexity index is 667. The predicted octanol–water partition coefficient (Wildman–Crippen LogP) is 2.03. The molecule has 0 radical (unpaired) electrons. The van der Waals surface area contributed by atoms with Gasteiger partial charge in [0, 0.05) is 19.1 Å². The van der Waals surface area contributed by atoms with Crippen LogP contribution in [-0.2, 0) is 14.3 Å². The quantitative estimate of drug-likeness (QED) is 0.700. The predicted molar refractivity (Wildman–Crippen MR) is 88.9 cm³/mol. The highest BCUT2D eigenvalue weighted by molar-refractivity contribution is 9.10. The first-order valence-corrected chi connectivity index (χ1v) is 8.97. The minimum absolute atomic E-state index is 0.0111. The summed E-state index contributed by atoms with van der Waals surface area (Å²) in [5.74, 6) is -0.363. The zero-order valence-electron chi connectivity index (χ0n) is 13.8. The first-order chi connectivity index (χ1) is 12.0. The number of hydrogen-bond acceptors (Lipinski definition) is 6. The number of carbonyl (C=O) groups excluding carboxylic acids is 3. The van der Waals surface area contributed by atoms with Crippen LogP contribution in [0.25, 0.3) is 0 Å². The molecular weight excluding hydrogens is 396 g/mol. The first kappa shape index (κ1) is 17.8. The zero-order chi connectivity index (χ0) is 18.0. The van der Waals surface area contributed by atoms with Gasteiger partial charge in [0.2, 0.25) is 0 Å². The second-order valence-corrected chi connectivity index (χ2v) is 6.66. The Morgan fingerprint density at radius 1 is 1.32 bits per heavy atom. The molecule has 0 unspecified atom stereocenters. The van der Waals surface area contributed by atoms with E-state index in [1.165, 1.54) is 4.90 Å². The van der Waals surface area contributed by atoms with Gasteiger partial charge in [-0.1, -0.05) is 0 Å². The van der Waals surface area contributed by atoms with Gasteiger partial charge < -0.3 is 18.8 Å².